The van der Waals surface area contributed by atoms with E-state index in [0.717, 1.165) is 70.0 Å². The second-order valence-electron chi connectivity index (χ2n) is 8.73. The number of hydrogen-bond donors (Lipinski definition) is 1. The summed E-state index contributed by atoms with van der Waals surface area (Å²) in [5.74, 6) is 0.946. The molecule has 7 heteroatoms. The van der Waals surface area contributed by atoms with Gasteiger partial charge in [-0.1, -0.05) is 13.8 Å². The molecule has 1 aromatic heterocycles. The predicted octanol–water partition coefficient (Wildman–Crippen LogP) is 1.90. The molecule has 1 N–H and O–H groups in total. The second-order valence-corrected chi connectivity index (χ2v) is 8.73. The van der Waals surface area contributed by atoms with Crippen LogP contribution in [0.4, 0.5) is 0 Å². The number of carbonyl (C=O) groups is 1. The topological polar surface area (TPSA) is 72.8 Å². The Morgan fingerprint density at radius 1 is 1.18 bits per heavy atom. The van der Waals surface area contributed by atoms with Crippen LogP contribution in [-0.4, -0.2) is 88.1 Å². The summed E-state index contributed by atoms with van der Waals surface area (Å²) in [6.45, 7) is 11.4. The number of rotatable bonds is 7. The lowest BCUT2D eigenvalue weighted by Crippen LogP contribution is -2.56. The smallest absolute Gasteiger partial charge is 0.303 e. The lowest BCUT2D eigenvalue weighted by Gasteiger charge is -2.46. The highest BCUT2D eigenvalue weighted by Gasteiger charge is 2.34. The Labute approximate surface area is 168 Å². The Morgan fingerprint density at radius 2 is 1.86 bits per heavy atom. The zero-order chi connectivity index (χ0) is 20.1. The van der Waals surface area contributed by atoms with E-state index in [1.807, 2.05) is 12.4 Å². The maximum absolute atomic E-state index is 11.2. The maximum atomic E-state index is 11.2. The minimum Gasteiger partial charge on any atom is -0.481 e. The zero-order valence-electron chi connectivity index (χ0n) is 17.5. The Hall–Kier alpha value is -1.57. The van der Waals surface area contributed by atoms with Gasteiger partial charge in [-0.2, -0.15) is 0 Å². The van der Waals surface area contributed by atoms with Crippen LogP contribution in [0, 0.1) is 5.92 Å². The third-order valence-corrected chi connectivity index (χ3v) is 6.16. The number of carboxylic acids is 1. The van der Waals surface area contributed by atoms with Crippen LogP contribution in [0.3, 0.4) is 0 Å². The van der Waals surface area contributed by atoms with Crippen molar-refractivity contribution in [2.24, 2.45) is 5.92 Å². The highest BCUT2D eigenvalue weighted by atomic mass is 16.4. The lowest BCUT2D eigenvalue weighted by atomic mass is 9.86. The molecule has 0 spiro atoms. The van der Waals surface area contributed by atoms with Gasteiger partial charge in [-0.3, -0.25) is 14.6 Å². The van der Waals surface area contributed by atoms with E-state index >= 15 is 0 Å². The van der Waals surface area contributed by atoms with Crippen molar-refractivity contribution in [1.82, 2.24) is 24.7 Å². The van der Waals surface area contributed by atoms with Crippen molar-refractivity contribution < 1.29 is 9.90 Å². The van der Waals surface area contributed by atoms with E-state index in [2.05, 4.69) is 45.6 Å². The summed E-state index contributed by atoms with van der Waals surface area (Å²) < 4.78 is 0. The van der Waals surface area contributed by atoms with E-state index in [4.69, 9.17) is 0 Å². The minimum atomic E-state index is -0.688. The molecule has 2 aliphatic heterocycles. The molecule has 0 radical (unpaired) electrons. The fraction of sp³-hybridized carbons (Fsp3) is 0.762. The van der Waals surface area contributed by atoms with Gasteiger partial charge in [0, 0.05) is 75.6 Å². The quantitative estimate of drug-likeness (QED) is 0.763. The van der Waals surface area contributed by atoms with Crippen LogP contribution in [0.25, 0.3) is 0 Å². The largest absolute Gasteiger partial charge is 0.481 e. The fourth-order valence-electron chi connectivity index (χ4n) is 4.47. The van der Waals surface area contributed by atoms with E-state index in [1.165, 1.54) is 0 Å². The summed E-state index contributed by atoms with van der Waals surface area (Å²) in [4.78, 5) is 27.6. The van der Waals surface area contributed by atoms with E-state index in [9.17, 15) is 9.90 Å². The van der Waals surface area contributed by atoms with Crippen LogP contribution in [0.2, 0.25) is 0 Å². The molecule has 2 atom stereocenters. The molecular weight excluding hydrogens is 354 g/mol. The van der Waals surface area contributed by atoms with Crippen molar-refractivity contribution in [2.75, 3.05) is 46.3 Å². The molecule has 0 aromatic carbocycles. The van der Waals surface area contributed by atoms with E-state index < -0.39 is 5.97 Å². The minimum absolute atomic E-state index is 0.259. The van der Waals surface area contributed by atoms with E-state index in [0.29, 0.717) is 17.9 Å². The number of hydrogen-bond acceptors (Lipinski definition) is 6. The molecule has 156 valence electrons. The second kappa shape index (κ2) is 9.76. The number of nitrogens with zero attached hydrogens (tertiary/aromatic N) is 5. The van der Waals surface area contributed by atoms with Crippen LogP contribution in [0.15, 0.2) is 12.4 Å². The molecule has 2 aliphatic rings. The molecule has 1 aromatic rings. The van der Waals surface area contributed by atoms with Crippen molar-refractivity contribution in [3.05, 3.63) is 23.8 Å². The van der Waals surface area contributed by atoms with Crippen molar-refractivity contribution in [2.45, 2.75) is 51.6 Å². The first-order valence-electron chi connectivity index (χ1n) is 10.6. The van der Waals surface area contributed by atoms with Gasteiger partial charge in [0.25, 0.3) is 0 Å². The summed E-state index contributed by atoms with van der Waals surface area (Å²) in [6, 6.07) is 0.504. The molecule has 0 aliphatic carbocycles. The Balaban J connectivity index is 1.61. The molecule has 0 unspecified atom stereocenters. The first kappa shape index (κ1) is 21.1. The molecule has 0 bridgehead atoms. The first-order valence-corrected chi connectivity index (χ1v) is 10.6. The highest BCUT2D eigenvalue weighted by Crippen LogP contribution is 2.28. The van der Waals surface area contributed by atoms with Gasteiger partial charge in [0.15, 0.2) is 0 Å². The number of likely N-dealkylation sites (tertiary alicyclic amines) is 1. The van der Waals surface area contributed by atoms with Gasteiger partial charge in [-0.15, -0.1) is 0 Å². The molecular formula is C21H35N5O2. The van der Waals surface area contributed by atoms with Crippen LogP contribution >= 0.6 is 0 Å². The summed E-state index contributed by atoms with van der Waals surface area (Å²) in [5, 5.41) is 9.20. The third kappa shape index (κ3) is 5.72. The maximum Gasteiger partial charge on any atom is 0.303 e. The van der Waals surface area contributed by atoms with Gasteiger partial charge in [0.1, 0.15) is 5.82 Å². The molecule has 0 saturated carbocycles. The number of piperidine rings is 1. The average Bonchev–Trinajstić information content (AvgIpc) is 2.68. The number of likely N-dealkylation sites (N-methyl/N-ethyl adjacent to an activating group) is 1. The van der Waals surface area contributed by atoms with Gasteiger partial charge in [-0.25, -0.2) is 9.97 Å². The lowest BCUT2D eigenvalue weighted by molar-refractivity contribution is -0.137. The standard InChI is InChI=1S/C21H35N5O2/c1-16(2)21-22-12-17(13-23-21)14-25-7-6-19(18(15-25)4-5-20(27)28)26-10-8-24(3)9-11-26/h12-13,16,18-19H,4-11,14-15H2,1-3H3,(H,27,28)/t18-,19+/m1/s1. The van der Waals surface area contributed by atoms with Crippen molar-refractivity contribution >= 4 is 5.97 Å². The van der Waals surface area contributed by atoms with Gasteiger partial charge >= 0.3 is 5.97 Å². The Bertz CT molecular complexity index is 628. The molecule has 2 fully saturated rings. The van der Waals surface area contributed by atoms with Gasteiger partial charge in [0.2, 0.25) is 0 Å². The molecule has 3 rings (SSSR count). The molecule has 7 nitrogen and oxygen atoms in total. The molecule has 3 heterocycles. The normalized spacial score (nSPS) is 25.3. The van der Waals surface area contributed by atoms with Crippen molar-refractivity contribution in [1.29, 1.82) is 0 Å². The SMILES string of the molecule is CC(C)c1ncc(CN2CC[C@H](N3CCN(C)CC3)[C@H](CCC(=O)O)C2)cn1. The zero-order valence-corrected chi connectivity index (χ0v) is 17.5. The molecule has 28 heavy (non-hydrogen) atoms. The predicted molar refractivity (Wildman–Crippen MR) is 109 cm³/mol. The van der Waals surface area contributed by atoms with Gasteiger partial charge < -0.3 is 10.0 Å². The van der Waals surface area contributed by atoms with Crippen molar-refractivity contribution in [3.8, 4) is 0 Å². The number of aliphatic carboxylic acids is 1. The van der Waals surface area contributed by atoms with Crippen LogP contribution < -0.4 is 0 Å². The fourth-order valence-corrected chi connectivity index (χ4v) is 4.47. The van der Waals surface area contributed by atoms with Crippen LogP contribution in [0.5, 0.6) is 0 Å². The van der Waals surface area contributed by atoms with Crippen molar-refractivity contribution in [3.63, 3.8) is 0 Å². The van der Waals surface area contributed by atoms with E-state index in [1.54, 1.807) is 0 Å². The third-order valence-electron chi connectivity index (χ3n) is 6.16. The highest BCUT2D eigenvalue weighted by molar-refractivity contribution is 5.66. The average molecular weight is 390 g/mol. The summed E-state index contributed by atoms with van der Waals surface area (Å²) in [6.07, 6.45) is 6.02. The molecule has 2 saturated heterocycles. The summed E-state index contributed by atoms with van der Waals surface area (Å²) in [7, 11) is 2.18. The Kier molecular flexibility index (Phi) is 7.37. The monoisotopic (exact) mass is 389 g/mol. The van der Waals surface area contributed by atoms with E-state index in [-0.39, 0.29) is 6.42 Å². The summed E-state index contributed by atoms with van der Waals surface area (Å²) >= 11 is 0. The van der Waals surface area contributed by atoms with Crippen LogP contribution in [0.1, 0.15) is 50.4 Å². The van der Waals surface area contributed by atoms with Gasteiger partial charge in [0.05, 0.1) is 0 Å². The number of carboxylic acid groups (broad SMARTS) is 1. The number of piperazine rings is 1. The summed E-state index contributed by atoms with van der Waals surface area (Å²) in [5.41, 5.74) is 1.14. The first-order chi connectivity index (χ1) is 13.4. The number of aromatic nitrogens is 2. The van der Waals surface area contributed by atoms with Gasteiger partial charge in [-0.05, 0) is 32.4 Å². The Morgan fingerprint density at radius 3 is 2.46 bits per heavy atom. The van der Waals surface area contributed by atoms with Crippen LogP contribution in [-0.2, 0) is 11.3 Å². The molecule has 0 amide bonds.